The molecule has 0 aliphatic rings. The largest absolute Gasteiger partial charge is 0.325 e. The molecule has 0 heterocycles. The number of nitrogens with one attached hydrogen (secondary N) is 1. The molecule has 0 radical (unpaired) electrons. The van der Waals surface area contributed by atoms with Crippen molar-refractivity contribution in [3.63, 3.8) is 0 Å². The SMILES string of the molecule is O=C(CCS(=O)(=O)c1ccc(F)cc1)Nc1ccccc1Br. The van der Waals surface area contributed by atoms with E-state index in [0.29, 0.717) is 10.2 Å². The number of hydrogen-bond acceptors (Lipinski definition) is 3. The highest BCUT2D eigenvalue weighted by atomic mass is 79.9. The topological polar surface area (TPSA) is 63.2 Å². The maximum absolute atomic E-state index is 12.8. The first kappa shape index (κ1) is 16.6. The van der Waals surface area contributed by atoms with Gasteiger partial charge in [-0.25, -0.2) is 12.8 Å². The van der Waals surface area contributed by atoms with Gasteiger partial charge in [0.2, 0.25) is 5.91 Å². The molecule has 1 amide bonds. The first-order valence-corrected chi connectivity index (χ1v) is 8.86. The molecule has 0 spiro atoms. The van der Waals surface area contributed by atoms with Crippen molar-refractivity contribution in [2.45, 2.75) is 11.3 Å². The van der Waals surface area contributed by atoms with E-state index in [0.717, 1.165) is 12.1 Å². The lowest BCUT2D eigenvalue weighted by Crippen LogP contribution is -2.17. The van der Waals surface area contributed by atoms with Crippen LogP contribution in [0.4, 0.5) is 10.1 Å². The molecule has 0 aromatic heterocycles. The summed E-state index contributed by atoms with van der Waals surface area (Å²) in [7, 11) is -3.61. The lowest BCUT2D eigenvalue weighted by atomic mass is 10.3. The molecule has 4 nitrogen and oxygen atoms in total. The van der Waals surface area contributed by atoms with E-state index in [-0.39, 0.29) is 17.1 Å². The number of rotatable bonds is 5. The molecule has 0 fully saturated rings. The Kier molecular flexibility index (Phi) is 5.31. The van der Waals surface area contributed by atoms with Crippen LogP contribution in [0.2, 0.25) is 0 Å². The lowest BCUT2D eigenvalue weighted by molar-refractivity contribution is -0.115. The minimum atomic E-state index is -3.61. The molecular weight excluding hydrogens is 373 g/mol. The van der Waals surface area contributed by atoms with Crippen molar-refractivity contribution in [1.82, 2.24) is 0 Å². The summed E-state index contributed by atoms with van der Waals surface area (Å²) in [6.07, 6.45) is -0.180. The zero-order chi connectivity index (χ0) is 16.2. The van der Waals surface area contributed by atoms with Crippen LogP contribution >= 0.6 is 15.9 Å². The predicted octanol–water partition coefficient (Wildman–Crippen LogP) is 3.39. The summed E-state index contributed by atoms with van der Waals surface area (Å²) in [6, 6.07) is 11.6. The first-order valence-electron chi connectivity index (χ1n) is 6.41. The van der Waals surface area contributed by atoms with Gasteiger partial charge in [-0.15, -0.1) is 0 Å². The summed E-state index contributed by atoms with van der Waals surface area (Å²) < 4.78 is 37.6. The van der Waals surface area contributed by atoms with Crippen LogP contribution in [0.3, 0.4) is 0 Å². The number of carbonyl (C=O) groups excluding carboxylic acids is 1. The van der Waals surface area contributed by atoms with Gasteiger partial charge in [0, 0.05) is 10.9 Å². The second-order valence-corrected chi connectivity index (χ2v) is 7.51. The molecular formula is C15H13BrFNO3S. The standard InChI is InChI=1S/C15H13BrFNO3S/c16-13-3-1-2-4-14(13)18-15(19)9-10-22(20,21)12-7-5-11(17)6-8-12/h1-8H,9-10H2,(H,18,19). The Bertz CT molecular complexity index is 776. The Hall–Kier alpha value is -1.73. The third-order valence-corrected chi connectivity index (χ3v) is 5.34. The minimum absolute atomic E-state index is 0.00240. The fraction of sp³-hybridized carbons (Fsp3) is 0.133. The van der Waals surface area contributed by atoms with E-state index < -0.39 is 21.6 Å². The van der Waals surface area contributed by atoms with Crippen molar-refractivity contribution in [2.24, 2.45) is 0 Å². The molecule has 2 rings (SSSR count). The van der Waals surface area contributed by atoms with Crippen LogP contribution in [0, 0.1) is 5.82 Å². The maximum atomic E-state index is 12.8. The number of halogens is 2. The average Bonchev–Trinajstić information content (AvgIpc) is 2.48. The van der Waals surface area contributed by atoms with Gasteiger partial charge in [-0.1, -0.05) is 12.1 Å². The monoisotopic (exact) mass is 385 g/mol. The molecule has 0 aliphatic heterocycles. The van der Waals surface area contributed by atoms with Crippen LogP contribution in [-0.2, 0) is 14.6 Å². The van der Waals surface area contributed by atoms with Crippen LogP contribution in [0.25, 0.3) is 0 Å². The maximum Gasteiger partial charge on any atom is 0.225 e. The molecule has 0 aliphatic carbocycles. The zero-order valence-electron chi connectivity index (χ0n) is 11.4. The van der Waals surface area contributed by atoms with Crippen LogP contribution in [0.5, 0.6) is 0 Å². The molecule has 0 bridgehead atoms. The molecule has 7 heteroatoms. The molecule has 0 unspecified atom stereocenters. The number of sulfone groups is 1. The van der Waals surface area contributed by atoms with Gasteiger partial charge in [0.05, 0.1) is 16.3 Å². The quantitative estimate of drug-likeness (QED) is 0.802. The fourth-order valence-electron chi connectivity index (χ4n) is 1.76. The van der Waals surface area contributed by atoms with E-state index in [1.807, 2.05) is 0 Å². The Morgan fingerprint density at radius 2 is 1.73 bits per heavy atom. The summed E-state index contributed by atoms with van der Waals surface area (Å²) in [6.45, 7) is 0. The fourth-order valence-corrected chi connectivity index (χ4v) is 3.39. The number of para-hydroxylation sites is 1. The normalized spacial score (nSPS) is 11.2. The molecule has 22 heavy (non-hydrogen) atoms. The van der Waals surface area contributed by atoms with Crippen LogP contribution in [0.15, 0.2) is 57.9 Å². The van der Waals surface area contributed by atoms with Crippen molar-refractivity contribution in [1.29, 1.82) is 0 Å². The van der Waals surface area contributed by atoms with Crippen molar-refractivity contribution in [3.05, 3.63) is 58.8 Å². The minimum Gasteiger partial charge on any atom is -0.325 e. The van der Waals surface area contributed by atoms with Crippen molar-refractivity contribution in [2.75, 3.05) is 11.1 Å². The molecule has 0 atom stereocenters. The number of hydrogen-bond donors (Lipinski definition) is 1. The summed E-state index contributed by atoms with van der Waals surface area (Å²) >= 11 is 3.29. The van der Waals surface area contributed by atoms with Gasteiger partial charge in [0.25, 0.3) is 0 Å². The smallest absolute Gasteiger partial charge is 0.225 e. The molecule has 2 aromatic rings. The summed E-state index contributed by atoms with van der Waals surface area (Å²) in [5.41, 5.74) is 0.576. The highest BCUT2D eigenvalue weighted by Gasteiger charge is 2.17. The highest BCUT2D eigenvalue weighted by Crippen LogP contribution is 2.21. The Labute approximate surface area is 136 Å². The summed E-state index contributed by atoms with van der Waals surface area (Å²) in [5.74, 6) is -1.25. The van der Waals surface area contributed by atoms with Crippen molar-refractivity contribution < 1.29 is 17.6 Å². The Morgan fingerprint density at radius 1 is 1.09 bits per heavy atom. The van der Waals surface area contributed by atoms with Crippen LogP contribution in [-0.4, -0.2) is 20.1 Å². The summed E-state index contributed by atoms with van der Waals surface area (Å²) in [5, 5.41) is 2.63. The third-order valence-electron chi connectivity index (χ3n) is 2.92. The van der Waals surface area contributed by atoms with Gasteiger partial charge >= 0.3 is 0 Å². The van der Waals surface area contributed by atoms with Crippen molar-refractivity contribution >= 4 is 37.4 Å². The molecule has 116 valence electrons. The number of amides is 1. The third kappa shape index (κ3) is 4.38. The molecule has 0 saturated heterocycles. The second-order valence-electron chi connectivity index (χ2n) is 4.55. The number of carbonyl (C=O) groups is 1. The van der Waals surface area contributed by atoms with Gasteiger partial charge in [-0.3, -0.25) is 4.79 Å². The first-order chi connectivity index (χ1) is 10.4. The predicted molar refractivity (Wildman–Crippen MR) is 85.8 cm³/mol. The van der Waals surface area contributed by atoms with Crippen molar-refractivity contribution in [3.8, 4) is 0 Å². The molecule has 0 saturated carbocycles. The van der Waals surface area contributed by atoms with Crippen LogP contribution in [0.1, 0.15) is 6.42 Å². The van der Waals surface area contributed by atoms with E-state index in [1.54, 1.807) is 24.3 Å². The van der Waals surface area contributed by atoms with Gasteiger partial charge in [0.1, 0.15) is 5.82 Å². The Morgan fingerprint density at radius 3 is 2.36 bits per heavy atom. The van der Waals surface area contributed by atoms with Gasteiger partial charge in [-0.05, 0) is 52.3 Å². The van der Waals surface area contributed by atoms with E-state index in [4.69, 9.17) is 0 Å². The van der Waals surface area contributed by atoms with E-state index in [9.17, 15) is 17.6 Å². The summed E-state index contributed by atoms with van der Waals surface area (Å²) in [4.78, 5) is 11.8. The lowest BCUT2D eigenvalue weighted by Gasteiger charge is -2.08. The second kappa shape index (κ2) is 7.02. The zero-order valence-corrected chi connectivity index (χ0v) is 13.8. The van der Waals surface area contributed by atoms with Gasteiger partial charge in [-0.2, -0.15) is 0 Å². The van der Waals surface area contributed by atoms with E-state index in [1.165, 1.54) is 12.1 Å². The van der Waals surface area contributed by atoms with Crippen LogP contribution < -0.4 is 5.32 Å². The van der Waals surface area contributed by atoms with E-state index in [2.05, 4.69) is 21.2 Å². The van der Waals surface area contributed by atoms with Gasteiger partial charge in [0.15, 0.2) is 9.84 Å². The van der Waals surface area contributed by atoms with Gasteiger partial charge < -0.3 is 5.32 Å². The Balaban J connectivity index is 1.98. The average molecular weight is 386 g/mol. The molecule has 1 N–H and O–H groups in total. The number of benzene rings is 2. The van der Waals surface area contributed by atoms with E-state index >= 15 is 0 Å². The highest BCUT2D eigenvalue weighted by molar-refractivity contribution is 9.10. The molecule has 2 aromatic carbocycles. The number of anilines is 1.